The molecule has 0 heterocycles. The number of carboxylic acids is 1. The van der Waals surface area contributed by atoms with Crippen molar-refractivity contribution in [2.75, 3.05) is 6.54 Å². The summed E-state index contributed by atoms with van der Waals surface area (Å²) in [7, 11) is 0. The molecule has 0 spiro atoms. The van der Waals surface area contributed by atoms with Crippen molar-refractivity contribution in [3.63, 3.8) is 0 Å². The van der Waals surface area contributed by atoms with E-state index in [1.54, 1.807) is 27.7 Å². The van der Waals surface area contributed by atoms with E-state index in [1.807, 2.05) is 0 Å². The number of hydrogen-bond acceptors (Lipinski definition) is 4. The van der Waals surface area contributed by atoms with Gasteiger partial charge in [-0.3, -0.25) is 4.79 Å². The van der Waals surface area contributed by atoms with Crippen molar-refractivity contribution in [3.8, 4) is 0 Å². The highest BCUT2D eigenvalue weighted by Crippen LogP contribution is 2.07. The Morgan fingerprint density at radius 3 is 2.22 bits per heavy atom. The summed E-state index contributed by atoms with van der Waals surface area (Å²) >= 11 is 0. The van der Waals surface area contributed by atoms with Crippen LogP contribution in [0.5, 0.6) is 0 Å². The number of aliphatic carboxylic acids is 1. The molecule has 0 aromatic carbocycles. The van der Waals surface area contributed by atoms with Crippen LogP contribution in [0, 0.1) is 0 Å². The number of nitrogens with one attached hydrogen (secondary N) is 2. The van der Waals surface area contributed by atoms with E-state index in [0.29, 0.717) is 6.54 Å². The van der Waals surface area contributed by atoms with Crippen molar-refractivity contribution >= 4 is 18.0 Å². The lowest BCUT2D eigenvalue weighted by atomic mass is 10.2. The molecular formula is C11H20N2O5. The number of ether oxygens (including phenoxy) is 1. The third-order valence-corrected chi connectivity index (χ3v) is 1.75. The first-order valence-corrected chi connectivity index (χ1v) is 5.64. The monoisotopic (exact) mass is 260 g/mol. The third-order valence-electron chi connectivity index (χ3n) is 1.75. The highest BCUT2D eigenvalue weighted by molar-refractivity contribution is 5.87. The highest BCUT2D eigenvalue weighted by Gasteiger charge is 2.25. The van der Waals surface area contributed by atoms with Crippen molar-refractivity contribution in [1.29, 1.82) is 0 Å². The summed E-state index contributed by atoms with van der Waals surface area (Å²) in [5.74, 6) is -1.73. The molecule has 0 fully saturated rings. The molecule has 2 amide bonds. The lowest BCUT2D eigenvalue weighted by Gasteiger charge is -2.21. The van der Waals surface area contributed by atoms with Gasteiger partial charge in [0, 0.05) is 6.54 Å². The summed E-state index contributed by atoms with van der Waals surface area (Å²) < 4.78 is 4.91. The normalized spacial score (nSPS) is 12.4. The van der Waals surface area contributed by atoms with Gasteiger partial charge >= 0.3 is 12.1 Å². The minimum Gasteiger partial charge on any atom is -0.480 e. The van der Waals surface area contributed by atoms with Gasteiger partial charge in [0.1, 0.15) is 11.6 Å². The molecule has 0 aliphatic carbocycles. The number of amides is 2. The number of hydrogen-bond donors (Lipinski definition) is 3. The molecule has 0 bridgehead atoms. The number of rotatable bonds is 5. The van der Waals surface area contributed by atoms with Gasteiger partial charge in [0.05, 0.1) is 6.42 Å². The molecule has 1 unspecified atom stereocenters. The molecule has 18 heavy (non-hydrogen) atoms. The molecule has 0 aliphatic rings. The Morgan fingerprint density at radius 1 is 1.28 bits per heavy atom. The molecule has 3 N–H and O–H groups in total. The van der Waals surface area contributed by atoms with Gasteiger partial charge in [0.15, 0.2) is 0 Å². The van der Waals surface area contributed by atoms with E-state index in [-0.39, 0.29) is 6.42 Å². The van der Waals surface area contributed by atoms with Gasteiger partial charge in [-0.05, 0) is 27.7 Å². The fourth-order valence-electron chi connectivity index (χ4n) is 1.10. The zero-order valence-corrected chi connectivity index (χ0v) is 11.1. The van der Waals surface area contributed by atoms with Crippen molar-refractivity contribution in [1.82, 2.24) is 10.6 Å². The SMILES string of the molecule is CCNC(=O)CC(NC(=O)OC(C)(C)C)C(=O)O. The van der Waals surface area contributed by atoms with Gasteiger partial charge in [-0.25, -0.2) is 9.59 Å². The minimum atomic E-state index is -1.30. The molecule has 0 radical (unpaired) electrons. The Hall–Kier alpha value is -1.79. The van der Waals surface area contributed by atoms with Crippen LogP contribution in [-0.2, 0) is 14.3 Å². The largest absolute Gasteiger partial charge is 0.480 e. The quantitative estimate of drug-likeness (QED) is 0.667. The number of alkyl carbamates (subject to hydrolysis) is 1. The molecule has 104 valence electrons. The van der Waals surface area contributed by atoms with Gasteiger partial charge in [0.25, 0.3) is 0 Å². The van der Waals surface area contributed by atoms with E-state index < -0.39 is 29.6 Å². The molecule has 0 saturated heterocycles. The van der Waals surface area contributed by atoms with E-state index in [1.165, 1.54) is 0 Å². The van der Waals surface area contributed by atoms with E-state index in [9.17, 15) is 14.4 Å². The first-order valence-electron chi connectivity index (χ1n) is 5.64. The van der Waals surface area contributed by atoms with Crippen LogP contribution in [0.1, 0.15) is 34.1 Å². The molecule has 0 rings (SSSR count). The second kappa shape index (κ2) is 6.83. The van der Waals surface area contributed by atoms with E-state index in [2.05, 4.69) is 10.6 Å². The van der Waals surface area contributed by atoms with Crippen molar-refractivity contribution in [2.24, 2.45) is 0 Å². The van der Waals surface area contributed by atoms with Crippen LogP contribution >= 0.6 is 0 Å². The second-order valence-electron chi connectivity index (χ2n) is 4.69. The first-order chi connectivity index (χ1) is 8.15. The molecule has 0 aromatic heterocycles. The summed E-state index contributed by atoms with van der Waals surface area (Å²) in [6.45, 7) is 7.09. The summed E-state index contributed by atoms with van der Waals surface area (Å²) in [5, 5.41) is 13.5. The van der Waals surface area contributed by atoms with Crippen molar-refractivity contribution in [2.45, 2.75) is 45.8 Å². The predicted octanol–water partition coefficient (Wildman–Crippen LogP) is 0.491. The average molecular weight is 260 g/mol. The fourth-order valence-corrected chi connectivity index (χ4v) is 1.10. The summed E-state index contributed by atoms with van der Waals surface area (Å²) in [4.78, 5) is 33.5. The lowest BCUT2D eigenvalue weighted by Crippen LogP contribution is -2.46. The van der Waals surface area contributed by atoms with Gasteiger partial charge < -0.3 is 20.5 Å². The average Bonchev–Trinajstić information content (AvgIpc) is 2.13. The minimum absolute atomic E-state index is 0.331. The molecule has 0 saturated carbocycles. The van der Waals surface area contributed by atoms with Gasteiger partial charge in [-0.1, -0.05) is 0 Å². The van der Waals surface area contributed by atoms with Crippen LogP contribution in [0.3, 0.4) is 0 Å². The zero-order valence-electron chi connectivity index (χ0n) is 11.1. The van der Waals surface area contributed by atoms with Gasteiger partial charge in [0.2, 0.25) is 5.91 Å². The summed E-state index contributed by atoms with van der Waals surface area (Å²) in [6.07, 6.45) is -1.19. The fraction of sp³-hybridized carbons (Fsp3) is 0.727. The predicted molar refractivity (Wildman–Crippen MR) is 64.1 cm³/mol. The van der Waals surface area contributed by atoms with Crippen molar-refractivity contribution in [3.05, 3.63) is 0 Å². The zero-order chi connectivity index (χ0) is 14.3. The molecule has 1 atom stereocenters. The van der Waals surface area contributed by atoms with Crippen LogP contribution < -0.4 is 10.6 Å². The Bertz CT molecular complexity index is 322. The number of carbonyl (C=O) groups excluding carboxylic acids is 2. The van der Waals surface area contributed by atoms with Gasteiger partial charge in [-0.15, -0.1) is 0 Å². The maximum absolute atomic E-state index is 11.4. The lowest BCUT2D eigenvalue weighted by molar-refractivity contribution is -0.141. The van der Waals surface area contributed by atoms with E-state index >= 15 is 0 Å². The smallest absolute Gasteiger partial charge is 0.408 e. The molecule has 0 aliphatic heterocycles. The summed E-state index contributed by atoms with van der Waals surface area (Å²) in [5.41, 5.74) is -0.723. The van der Waals surface area contributed by atoms with Crippen LogP contribution in [-0.4, -0.2) is 41.3 Å². The second-order valence-corrected chi connectivity index (χ2v) is 4.69. The molecule has 7 heteroatoms. The van der Waals surface area contributed by atoms with E-state index in [4.69, 9.17) is 9.84 Å². The first kappa shape index (κ1) is 16.2. The van der Waals surface area contributed by atoms with Gasteiger partial charge in [-0.2, -0.15) is 0 Å². The van der Waals surface area contributed by atoms with Crippen LogP contribution in [0.15, 0.2) is 0 Å². The van der Waals surface area contributed by atoms with Crippen LogP contribution in [0.25, 0.3) is 0 Å². The Kier molecular flexibility index (Phi) is 6.15. The van der Waals surface area contributed by atoms with Crippen molar-refractivity contribution < 1.29 is 24.2 Å². The maximum Gasteiger partial charge on any atom is 0.408 e. The van der Waals surface area contributed by atoms with E-state index in [0.717, 1.165) is 0 Å². The third kappa shape index (κ3) is 7.48. The summed E-state index contributed by atoms with van der Waals surface area (Å²) in [6, 6.07) is -1.30. The number of carbonyl (C=O) groups is 3. The Labute approximate surface area is 106 Å². The number of carboxylic acid groups (broad SMARTS) is 1. The standard InChI is InChI=1S/C11H20N2O5/c1-5-12-8(14)6-7(9(15)16)13-10(17)18-11(2,3)4/h7H,5-6H2,1-4H3,(H,12,14)(H,13,17)(H,15,16). The van der Waals surface area contributed by atoms with Crippen LogP contribution in [0.2, 0.25) is 0 Å². The molecular weight excluding hydrogens is 240 g/mol. The Balaban J connectivity index is 4.41. The highest BCUT2D eigenvalue weighted by atomic mass is 16.6. The Morgan fingerprint density at radius 2 is 1.83 bits per heavy atom. The van der Waals surface area contributed by atoms with Crippen LogP contribution in [0.4, 0.5) is 4.79 Å². The maximum atomic E-state index is 11.4. The molecule has 0 aromatic rings. The molecule has 7 nitrogen and oxygen atoms in total. The topological polar surface area (TPSA) is 105 Å².